The molecule has 2 aromatic carbocycles. The molecular formula is C22H18ClN5O2. The molecule has 0 fully saturated rings. The fraction of sp³-hybridized carbons (Fsp3) is 0.0455. The molecule has 0 saturated carbocycles. The lowest BCUT2D eigenvalue weighted by molar-refractivity contribution is 0.262. The summed E-state index contributed by atoms with van der Waals surface area (Å²) in [5.74, 6) is 1.71. The van der Waals surface area contributed by atoms with Crippen LogP contribution in [0.3, 0.4) is 0 Å². The van der Waals surface area contributed by atoms with Gasteiger partial charge in [0.15, 0.2) is 0 Å². The van der Waals surface area contributed by atoms with E-state index >= 15 is 0 Å². The van der Waals surface area contributed by atoms with E-state index in [0.29, 0.717) is 33.8 Å². The molecule has 0 atom stereocenters. The van der Waals surface area contributed by atoms with Gasteiger partial charge in [-0.25, -0.2) is 14.8 Å². The summed E-state index contributed by atoms with van der Waals surface area (Å²) < 4.78 is 7.65. The normalized spacial score (nSPS) is 10.5. The van der Waals surface area contributed by atoms with Crippen molar-refractivity contribution >= 4 is 29.0 Å². The van der Waals surface area contributed by atoms with Gasteiger partial charge in [-0.3, -0.25) is 0 Å². The summed E-state index contributed by atoms with van der Waals surface area (Å²) in [5.41, 5.74) is 2.18. The van der Waals surface area contributed by atoms with Crippen LogP contribution < -0.4 is 15.4 Å². The number of aromatic nitrogens is 3. The van der Waals surface area contributed by atoms with Crippen LogP contribution in [0.4, 0.5) is 16.2 Å². The monoisotopic (exact) mass is 419 g/mol. The van der Waals surface area contributed by atoms with Crippen LogP contribution in [0.25, 0.3) is 5.82 Å². The highest BCUT2D eigenvalue weighted by Crippen LogP contribution is 2.23. The number of hydrogen-bond acceptors (Lipinski definition) is 4. The Kier molecular flexibility index (Phi) is 5.63. The van der Waals surface area contributed by atoms with Gasteiger partial charge in [-0.2, -0.15) is 0 Å². The summed E-state index contributed by atoms with van der Waals surface area (Å²) >= 11 is 6.08. The smallest absolute Gasteiger partial charge is 0.323 e. The molecule has 0 radical (unpaired) electrons. The summed E-state index contributed by atoms with van der Waals surface area (Å²) in [4.78, 5) is 20.6. The van der Waals surface area contributed by atoms with Crippen LogP contribution in [0.1, 0.15) is 5.56 Å². The Morgan fingerprint density at radius 3 is 2.40 bits per heavy atom. The van der Waals surface area contributed by atoms with Gasteiger partial charge in [0.25, 0.3) is 0 Å². The third-order valence-electron chi connectivity index (χ3n) is 4.26. The molecule has 0 aliphatic heterocycles. The first-order valence-electron chi connectivity index (χ1n) is 9.14. The number of anilines is 2. The number of amides is 2. The third-order valence-corrected chi connectivity index (χ3v) is 4.67. The van der Waals surface area contributed by atoms with Gasteiger partial charge in [-0.05, 0) is 61.0 Å². The molecule has 2 aromatic heterocycles. The quantitative estimate of drug-likeness (QED) is 0.437. The van der Waals surface area contributed by atoms with Crippen molar-refractivity contribution in [2.75, 3.05) is 10.6 Å². The Morgan fingerprint density at radius 1 is 0.967 bits per heavy atom. The van der Waals surface area contributed by atoms with Crippen molar-refractivity contribution in [2.24, 2.45) is 0 Å². The molecule has 2 amide bonds. The van der Waals surface area contributed by atoms with E-state index in [-0.39, 0.29) is 6.03 Å². The number of benzene rings is 2. The van der Waals surface area contributed by atoms with Crippen molar-refractivity contribution < 1.29 is 9.53 Å². The van der Waals surface area contributed by atoms with Gasteiger partial charge in [-0.15, -0.1) is 0 Å². The fourth-order valence-electron chi connectivity index (χ4n) is 2.71. The topological polar surface area (TPSA) is 81.1 Å². The molecule has 0 bridgehead atoms. The number of urea groups is 1. The molecule has 150 valence electrons. The van der Waals surface area contributed by atoms with E-state index < -0.39 is 0 Å². The molecule has 0 saturated heterocycles. The van der Waals surface area contributed by atoms with Gasteiger partial charge < -0.3 is 19.9 Å². The van der Waals surface area contributed by atoms with Crippen molar-refractivity contribution in [3.05, 3.63) is 90.0 Å². The molecule has 0 unspecified atom stereocenters. The van der Waals surface area contributed by atoms with Crippen LogP contribution in [-0.4, -0.2) is 20.6 Å². The minimum Gasteiger partial charge on any atom is -0.439 e. The van der Waals surface area contributed by atoms with Crippen LogP contribution in [0.2, 0.25) is 5.02 Å². The molecule has 8 heteroatoms. The number of hydrogen-bond donors (Lipinski definition) is 2. The van der Waals surface area contributed by atoms with Gasteiger partial charge in [0.2, 0.25) is 5.88 Å². The highest BCUT2D eigenvalue weighted by atomic mass is 35.5. The summed E-state index contributed by atoms with van der Waals surface area (Å²) in [5, 5.41) is 6.11. The third kappa shape index (κ3) is 4.76. The number of nitrogens with one attached hydrogen (secondary N) is 2. The van der Waals surface area contributed by atoms with Gasteiger partial charge in [0.05, 0.1) is 0 Å². The lowest BCUT2D eigenvalue weighted by atomic mass is 10.2. The first-order valence-corrected chi connectivity index (χ1v) is 9.52. The highest BCUT2D eigenvalue weighted by Gasteiger charge is 2.06. The highest BCUT2D eigenvalue weighted by molar-refractivity contribution is 6.31. The van der Waals surface area contributed by atoms with Crippen LogP contribution in [0.15, 0.2) is 79.4 Å². The van der Waals surface area contributed by atoms with E-state index in [2.05, 4.69) is 20.6 Å². The van der Waals surface area contributed by atoms with Gasteiger partial charge in [0.1, 0.15) is 17.9 Å². The molecule has 4 aromatic rings. The summed E-state index contributed by atoms with van der Waals surface area (Å²) in [6, 6.07) is 17.5. The number of ether oxygens (including phenoxy) is 1. The second-order valence-corrected chi connectivity index (χ2v) is 6.88. The van der Waals surface area contributed by atoms with E-state index in [1.165, 1.54) is 6.33 Å². The average Bonchev–Trinajstić information content (AvgIpc) is 3.27. The van der Waals surface area contributed by atoms with E-state index in [1.54, 1.807) is 42.5 Å². The fourth-order valence-corrected chi connectivity index (χ4v) is 2.89. The Balaban J connectivity index is 1.37. The largest absolute Gasteiger partial charge is 0.439 e. The predicted molar refractivity (Wildman–Crippen MR) is 117 cm³/mol. The van der Waals surface area contributed by atoms with Crippen LogP contribution in [0, 0.1) is 6.92 Å². The Bertz CT molecular complexity index is 1160. The zero-order valence-corrected chi connectivity index (χ0v) is 16.8. The van der Waals surface area contributed by atoms with Crippen molar-refractivity contribution in [1.82, 2.24) is 14.5 Å². The van der Waals surface area contributed by atoms with E-state index in [0.717, 1.165) is 5.56 Å². The summed E-state index contributed by atoms with van der Waals surface area (Å²) in [7, 11) is 0. The summed E-state index contributed by atoms with van der Waals surface area (Å²) in [6.07, 6.45) is 5.23. The molecular weight excluding hydrogens is 402 g/mol. The van der Waals surface area contributed by atoms with Crippen LogP contribution in [0.5, 0.6) is 11.6 Å². The second kappa shape index (κ2) is 8.67. The van der Waals surface area contributed by atoms with E-state index in [9.17, 15) is 4.79 Å². The predicted octanol–water partition coefficient (Wildman–Crippen LogP) is 5.67. The van der Waals surface area contributed by atoms with Gasteiger partial charge in [-0.1, -0.05) is 17.7 Å². The van der Waals surface area contributed by atoms with E-state index in [4.69, 9.17) is 16.3 Å². The summed E-state index contributed by atoms with van der Waals surface area (Å²) in [6.45, 7) is 1.90. The standard InChI is InChI=1S/C22H18ClN5O2/c1-15-4-5-17(12-19(15)23)27-22(29)26-16-6-8-18(9-7-16)30-21-13-20(24-14-25-21)28-10-2-3-11-28/h2-14H,1H3,(H2,26,27,29). The maximum atomic E-state index is 12.2. The number of rotatable bonds is 5. The van der Waals surface area contributed by atoms with Crippen molar-refractivity contribution in [3.8, 4) is 17.4 Å². The number of aryl methyl sites for hydroxylation is 1. The number of nitrogens with zero attached hydrogens (tertiary/aromatic N) is 3. The Labute approximate surface area is 178 Å². The average molecular weight is 420 g/mol. The molecule has 0 spiro atoms. The van der Waals surface area contributed by atoms with Crippen molar-refractivity contribution in [2.45, 2.75) is 6.92 Å². The van der Waals surface area contributed by atoms with Crippen molar-refractivity contribution in [1.29, 1.82) is 0 Å². The van der Waals surface area contributed by atoms with Gasteiger partial charge in [0, 0.05) is 34.9 Å². The van der Waals surface area contributed by atoms with Crippen LogP contribution in [-0.2, 0) is 0 Å². The second-order valence-electron chi connectivity index (χ2n) is 6.47. The zero-order chi connectivity index (χ0) is 20.9. The first kappa shape index (κ1) is 19.5. The maximum Gasteiger partial charge on any atom is 0.323 e. The number of halogens is 1. The number of carbonyl (C=O) groups excluding carboxylic acids is 1. The molecule has 0 aliphatic rings. The first-order chi connectivity index (χ1) is 14.6. The lowest BCUT2D eigenvalue weighted by Gasteiger charge is -2.10. The SMILES string of the molecule is Cc1ccc(NC(=O)Nc2ccc(Oc3cc(-n4cccc4)ncn3)cc2)cc1Cl. The number of carbonyl (C=O) groups is 1. The minimum atomic E-state index is -0.365. The molecule has 7 nitrogen and oxygen atoms in total. The molecule has 4 rings (SSSR count). The maximum absolute atomic E-state index is 12.2. The van der Waals surface area contributed by atoms with E-state index in [1.807, 2.05) is 42.1 Å². The lowest BCUT2D eigenvalue weighted by Crippen LogP contribution is -2.19. The van der Waals surface area contributed by atoms with Gasteiger partial charge >= 0.3 is 6.03 Å². The molecule has 2 N–H and O–H groups in total. The molecule has 0 aliphatic carbocycles. The Hall–Kier alpha value is -3.84. The minimum absolute atomic E-state index is 0.365. The molecule has 30 heavy (non-hydrogen) atoms. The van der Waals surface area contributed by atoms with Crippen molar-refractivity contribution in [3.63, 3.8) is 0 Å². The molecule has 2 heterocycles. The van der Waals surface area contributed by atoms with Crippen LogP contribution >= 0.6 is 11.6 Å². The Morgan fingerprint density at radius 2 is 1.67 bits per heavy atom. The zero-order valence-electron chi connectivity index (χ0n) is 16.0.